The van der Waals surface area contributed by atoms with Crippen LogP contribution >= 0.6 is 15.9 Å². The maximum Gasteiger partial charge on any atom is 0.360 e. The molecule has 17 heavy (non-hydrogen) atoms. The SMILES string of the molecule is O=C(O)C(F)N1C(=O)c2ccc(Br)cc2C1=O. The molecule has 88 valence electrons. The Labute approximate surface area is 103 Å². The van der Waals surface area contributed by atoms with Crippen LogP contribution in [-0.2, 0) is 4.79 Å². The molecule has 1 aliphatic rings. The van der Waals surface area contributed by atoms with Crippen molar-refractivity contribution in [2.45, 2.75) is 6.30 Å². The Morgan fingerprint density at radius 2 is 1.88 bits per heavy atom. The summed E-state index contributed by atoms with van der Waals surface area (Å²) in [5.41, 5.74) is -0.00428. The van der Waals surface area contributed by atoms with E-state index >= 15 is 0 Å². The molecule has 1 N–H and O–H groups in total. The fourth-order valence-electron chi connectivity index (χ4n) is 1.55. The molecule has 2 rings (SSSR count). The standard InChI is InChI=1S/C10H5BrFNO4/c11-4-1-2-5-6(3-4)9(15)13(8(5)14)7(12)10(16)17/h1-3,7H,(H,16,17). The second-order valence-electron chi connectivity index (χ2n) is 3.34. The normalized spacial score (nSPS) is 16.0. The number of carboxylic acid groups (broad SMARTS) is 1. The number of halogens is 2. The number of hydrogen-bond acceptors (Lipinski definition) is 3. The highest BCUT2D eigenvalue weighted by atomic mass is 79.9. The van der Waals surface area contributed by atoms with Gasteiger partial charge in [-0.05, 0) is 18.2 Å². The summed E-state index contributed by atoms with van der Waals surface area (Å²) >= 11 is 3.11. The predicted molar refractivity (Wildman–Crippen MR) is 57.2 cm³/mol. The van der Waals surface area contributed by atoms with E-state index in [1.54, 1.807) is 0 Å². The molecule has 0 fully saturated rings. The molecule has 7 heteroatoms. The lowest BCUT2D eigenvalue weighted by Crippen LogP contribution is -2.41. The number of carbonyl (C=O) groups excluding carboxylic acids is 2. The smallest absolute Gasteiger partial charge is 0.360 e. The van der Waals surface area contributed by atoms with Gasteiger partial charge in [0.25, 0.3) is 18.1 Å². The number of rotatable bonds is 2. The van der Waals surface area contributed by atoms with Gasteiger partial charge in [-0.1, -0.05) is 15.9 Å². The van der Waals surface area contributed by atoms with Crippen LogP contribution in [-0.4, -0.2) is 34.1 Å². The van der Waals surface area contributed by atoms with Crippen molar-refractivity contribution in [3.05, 3.63) is 33.8 Å². The van der Waals surface area contributed by atoms with Gasteiger partial charge in [-0.2, -0.15) is 0 Å². The van der Waals surface area contributed by atoms with E-state index in [2.05, 4.69) is 15.9 Å². The van der Waals surface area contributed by atoms with Crippen molar-refractivity contribution in [3.8, 4) is 0 Å². The van der Waals surface area contributed by atoms with E-state index in [9.17, 15) is 18.8 Å². The maximum absolute atomic E-state index is 13.3. The van der Waals surface area contributed by atoms with E-state index in [0.29, 0.717) is 4.47 Å². The van der Waals surface area contributed by atoms with Crippen LogP contribution in [0.3, 0.4) is 0 Å². The minimum atomic E-state index is -2.67. The molecule has 1 atom stereocenters. The van der Waals surface area contributed by atoms with E-state index in [0.717, 1.165) is 0 Å². The molecular weight excluding hydrogens is 297 g/mol. The van der Waals surface area contributed by atoms with E-state index in [-0.39, 0.29) is 16.0 Å². The van der Waals surface area contributed by atoms with Gasteiger partial charge in [-0.3, -0.25) is 9.59 Å². The highest BCUT2D eigenvalue weighted by Crippen LogP contribution is 2.27. The van der Waals surface area contributed by atoms with Gasteiger partial charge >= 0.3 is 5.97 Å². The summed E-state index contributed by atoms with van der Waals surface area (Å²) in [4.78, 5) is 33.9. The largest absolute Gasteiger partial charge is 0.478 e. The number of amides is 2. The van der Waals surface area contributed by atoms with Crippen LogP contribution in [0.25, 0.3) is 0 Å². The number of carbonyl (C=O) groups is 3. The summed E-state index contributed by atoms with van der Waals surface area (Å²) in [6.45, 7) is 0. The monoisotopic (exact) mass is 301 g/mol. The fourth-order valence-corrected chi connectivity index (χ4v) is 1.91. The Kier molecular flexibility index (Phi) is 2.70. The summed E-state index contributed by atoms with van der Waals surface area (Å²) < 4.78 is 13.8. The molecule has 1 aromatic rings. The van der Waals surface area contributed by atoms with Crippen molar-refractivity contribution in [1.29, 1.82) is 0 Å². The first-order chi connectivity index (χ1) is 7.93. The summed E-state index contributed by atoms with van der Waals surface area (Å²) in [5, 5.41) is 8.48. The fraction of sp³-hybridized carbons (Fsp3) is 0.100. The number of imide groups is 1. The molecule has 0 radical (unpaired) electrons. The van der Waals surface area contributed by atoms with E-state index in [1.807, 2.05) is 0 Å². The molecule has 2 amide bonds. The summed E-state index contributed by atoms with van der Waals surface area (Å²) in [7, 11) is 0. The minimum absolute atomic E-state index is 0.00194. The number of alkyl halides is 1. The molecule has 0 saturated carbocycles. The molecular formula is C10H5BrFNO4. The number of nitrogens with zero attached hydrogens (tertiary/aromatic N) is 1. The van der Waals surface area contributed by atoms with Gasteiger partial charge in [0, 0.05) is 4.47 Å². The number of aliphatic carboxylic acids is 1. The zero-order chi connectivity index (χ0) is 12.7. The molecule has 0 saturated heterocycles. The van der Waals surface area contributed by atoms with Crippen LogP contribution in [0.2, 0.25) is 0 Å². The molecule has 1 aliphatic heterocycles. The molecule has 5 nitrogen and oxygen atoms in total. The van der Waals surface area contributed by atoms with Gasteiger partial charge in [0.2, 0.25) is 0 Å². The third-order valence-corrected chi connectivity index (χ3v) is 2.80. The van der Waals surface area contributed by atoms with Crippen molar-refractivity contribution in [2.75, 3.05) is 0 Å². The zero-order valence-corrected chi connectivity index (χ0v) is 9.77. The van der Waals surface area contributed by atoms with Gasteiger partial charge < -0.3 is 5.11 Å². The average molecular weight is 302 g/mol. The Morgan fingerprint density at radius 1 is 1.29 bits per heavy atom. The molecule has 0 aromatic heterocycles. The predicted octanol–water partition coefficient (Wildman–Crippen LogP) is 1.43. The quantitative estimate of drug-likeness (QED) is 0.662. The third-order valence-electron chi connectivity index (χ3n) is 2.31. The number of benzene rings is 1. The molecule has 1 aromatic carbocycles. The Hall–Kier alpha value is -1.76. The number of carboxylic acids is 1. The summed E-state index contributed by atoms with van der Waals surface area (Å²) in [6.07, 6.45) is -2.67. The molecule has 0 aliphatic carbocycles. The van der Waals surface area contributed by atoms with Crippen LogP contribution in [0.5, 0.6) is 0 Å². The highest BCUT2D eigenvalue weighted by molar-refractivity contribution is 9.10. The van der Waals surface area contributed by atoms with Crippen molar-refractivity contribution in [1.82, 2.24) is 4.90 Å². The second kappa shape index (κ2) is 3.92. The van der Waals surface area contributed by atoms with E-state index in [1.165, 1.54) is 18.2 Å². The van der Waals surface area contributed by atoms with Gasteiger partial charge in [-0.15, -0.1) is 0 Å². The zero-order valence-electron chi connectivity index (χ0n) is 8.18. The lowest BCUT2D eigenvalue weighted by Gasteiger charge is -2.14. The van der Waals surface area contributed by atoms with Crippen LogP contribution < -0.4 is 0 Å². The molecule has 1 unspecified atom stereocenters. The van der Waals surface area contributed by atoms with Gasteiger partial charge in [0.15, 0.2) is 0 Å². The topological polar surface area (TPSA) is 74.7 Å². The number of fused-ring (bicyclic) bond motifs is 1. The third kappa shape index (κ3) is 1.72. The summed E-state index contributed by atoms with van der Waals surface area (Å²) in [5.74, 6) is -3.76. The van der Waals surface area contributed by atoms with E-state index in [4.69, 9.17) is 5.11 Å². The molecule has 1 heterocycles. The summed E-state index contributed by atoms with van der Waals surface area (Å²) in [6, 6.07) is 4.21. The van der Waals surface area contributed by atoms with Crippen LogP contribution in [0, 0.1) is 0 Å². The van der Waals surface area contributed by atoms with Gasteiger partial charge in [-0.25, -0.2) is 14.1 Å². The average Bonchev–Trinajstić information content (AvgIpc) is 2.50. The van der Waals surface area contributed by atoms with Crippen molar-refractivity contribution in [3.63, 3.8) is 0 Å². The Bertz CT molecular complexity index is 545. The first kappa shape index (κ1) is 11.7. The lowest BCUT2D eigenvalue weighted by atomic mass is 10.1. The molecule has 0 spiro atoms. The Balaban J connectivity index is 2.49. The molecule has 0 bridgehead atoms. The highest BCUT2D eigenvalue weighted by Gasteiger charge is 2.43. The van der Waals surface area contributed by atoms with Crippen LogP contribution in [0.15, 0.2) is 22.7 Å². The van der Waals surface area contributed by atoms with Crippen LogP contribution in [0.4, 0.5) is 4.39 Å². The Morgan fingerprint density at radius 3 is 2.47 bits per heavy atom. The second-order valence-corrected chi connectivity index (χ2v) is 4.26. The van der Waals surface area contributed by atoms with Crippen molar-refractivity contribution < 1.29 is 23.9 Å². The first-order valence-corrected chi connectivity index (χ1v) is 5.27. The lowest BCUT2D eigenvalue weighted by molar-refractivity contribution is -0.147. The number of hydrogen-bond donors (Lipinski definition) is 1. The van der Waals surface area contributed by atoms with Crippen LogP contribution in [0.1, 0.15) is 20.7 Å². The maximum atomic E-state index is 13.3. The van der Waals surface area contributed by atoms with E-state index < -0.39 is 24.1 Å². The minimum Gasteiger partial charge on any atom is -0.478 e. The van der Waals surface area contributed by atoms with Crippen molar-refractivity contribution in [2.24, 2.45) is 0 Å². The van der Waals surface area contributed by atoms with Gasteiger partial charge in [0.1, 0.15) is 0 Å². The van der Waals surface area contributed by atoms with Crippen molar-refractivity contribution >= 4 is 33.7 Å². The first-order valence-electron chi connectivity index (χ1n) is 4.48. The van der Waals surface area contributed by atoms with Gasteiger partial charge in [0.05, 0.1) is 11.1 Å².